The van der Waals surface area contributed by atoms with Gasteiger partial charge in [-0.2, -0.15) is 13.2 Å². The number of amides is 2. The summed E-state index contributed by atoms with van der Waals surface area (Å²) in [5, 5.41) is 11.2. The summed E-state index contributed by atoms with van der Waals surface area (Å²) in [5.74, 6) is -0.709. The first-order chi connectivity index (χ1) is 14.7. The van der Waals surface area contributed by atoms with E-state index in [0.717, 1.165) is 23.4 Å². The molecule has 1 aromatic heterocycles. The normalized spacial score (nSPS) is 17.2. The van der Waals surface area contributed by atoms with Crippen molar-refractivity contribution in [2.24, 2.45) is 0 Å². The van der Waals surface area contributed by atoms with Crippen LogP contribution in [-0.2, 0) is 22.2 Å². The van der Waals surface area contributed by atoms with Crippen molar-refractivity contribution < 1.29 is 22.8 Å². The number of hydrogen-bond donors (Lipinski definition) is 2. The molecule has 7 nitrogen and oxygen atoms in total. The van der Waals surface area contributed by atoms with E-state index in [0.29, 0.717) is 12.8 Å². The molecule has 2 unspecified atom stereocenters. The van der Waals surface area contributed by atoms with Crippen LogP contribution in [0.4, 0.5) is 18.3 Å². The van der Waals surface area contributed by atoms with Gasteiger partial charge in [0.2, 0.25) is 16.0 Å². The van der Waals surface area contributed by atoms with Gasteiger partial charge in [-0.05, 0) is 31.4 Å². The third-order valence-electron chi connectivity index (χ3n) is 4.80. The fourth-order valence-electron chi connectivity index (χ4n) is 2.85. The Morgan fingerprint density at radius 3 is 2.61 bits per heavy atom. The molecule has 2 amide bonds. The van der Waals surface area contributed by atoms with Gasteiger partial charge in [0, 0.05) is 19.2 Å². The molecule has 0 spiro atoms. The molecule has 1 aromatic carbocycles. The Labute approximate surface area is 181 Å². The first kappa shape index (κ1) is 22.9. The summed E-state index contributed by atoms with van der Waals surface area (Å²) in [5.41, 5.74) is 1.09. The second-order valence-corrected chi connectivity index (χ2v) is 8.03. The fraction of sp³-hybridized carbons (Fsp3) is 0.400. The Kier molecular flexibility index (Phi) is 7.39. The van der Waals surface area contributed by atoms with Crippen molar-refractivity contribution in [1.29, 1.82) is 0 Å². The summed E-state index contributed by atoms with van der Waals surface area (Å²) in [7, 11) is 1.32. The number of halogens is 3. The third kappa shape index (κ3) is 6.34. The summed E-state index contributed by atoms with van der Waals surface area (Å²) >= 11 is 0.289. The number of anilines is 1. The zero-order chi connectivity index (χ0) is 22.4. The van der Waals surface area contributed by atoms with Crippen LogP contribution in [0.1, 0.15) is 23.4 Å². The van der Waals surface area contributed by atoms with Gasteiger partial charge in [-0.15, -0.1) is 10.2 Å². The van der Waals surface area contributed by atoms with Crippen molar-refractivity contribution in [3.05, 3.63) is 53.1 Å². The van der Waals surface area contributed by atoms with Crippen LogP contribution in [0.25, 0.3) is 0 Å². The minimum atomic E-state index is -4.61. The third-order valence-corrected chi connectivity index (χ3v) is 5.84. The van der Waals surface area contributed by atoms with E-state index in [1.807, 2.05) is 30.3 Å². The first-order valence-electron chi connectivity index (χ1n) is 9.68. The molecule has 0 bridgehead atoms. The number of hydrogen-bond acceptors (Lipinski definition) is 6. The number of carbonyl (C=O) groups is 2. The van der Waals surface area contributed by atoms with E-state index >= 15 is 0 Å². The highest BCUT2D eigenvalue weighted by molar-refractivity contribution is 7.15. The molecule has 0 aliphatic carbocycles. The standard InChI is InChI=1S/C20H22F3N5O2S/c1-28(19-27-26-18(31-19)20(21,22)23)16(29)10-9-14(25-17(30)15-11-12-24-15)8-7-13-5-3-2-4-6-13/h2-6,9-10,14-15,24H,7-8,11-12H2,1H3,(H,25,30). The van der Waals surface area contributed by atoms with Crippen LogP contribution in [0.3, 0.4) is 0 Å². The zero-order valence-corrected chi connectivity index (χ0v) is 17.5. The van der Waals surface area contributed by atoms with Crippen molar-refractivity contribution in [2.75, 3.05) is 18.5 Å². The molecule has 0 saturated carbocycles. The summed E-state index contributed by atoms with van der Waals surface area (Å²) < 4.78 is 38.1. The number of likely N-dealkylation sites (N-methyl/N-ethyl adjacent to an activating group) is 1. The van der Waals surface area contributed by atoms with E-state index in [2.05, 4.69) is 20.8 Å². The van der Waals surface area contributed by atoms with Gasteiger partial charge < -0.3 is 10.6 Å². The molecule has 2 N–H and O–H groups in total. The number of alkyl halides is 3. The van der Waals surface area contributed by atoms with Crippen molar-refractivity contribution in [3.8, 4) is 0 Å². The maximum absolute atomic E-state index is 12.7. The van der Waals surface area contributed by atoms with Crippen LogP contribution in [-0.4, -0.2) is 47.7 Å². The molecular formula is C20H22F3N5O2S. The van der Waals surface area contributed by atoms with Crippen LogP contribution in [0.2, 0.25) is 0 Å². The van der Waals surface area contributed by atoms with Crippen LogP contribution in [0.15, 0.2) is 42.5 Å². The molecule has 1 fully saturated rings. The topological polar surface area (TPSA) is 87.2 Å². The quantitative estimate of drug-likeness (QED) is 0.600. The Bertz CT molecular complexity index is 928. The molecule has 11 heteroatoms. The second-order valence-electron chi connectivity index (χ2n) is 7.08. The molecule has 1 aliphatic heterocycles. The number of aromatic nitrogens is 2. The summed E-state index contributed by atoms with van der Waals surface area (Å²) in [6.45, 7) is 0.785. The van der Waals surface area contributed by atoms with Crippen molar-refractivity contribution >= 4 is 28.3 Å². The number of nitrogens with one attached hydrogen (secondary N) is 2. The van der Waals surface area contributed by atoms with Gasteiger partial charge in [0.25, 0.3) is 5.91 Å². The van der Waals surface area contributed by atoms with Gasteiger partial charge in [-0.25, -0.2) is 0 Å². The molecular weight excluding hydrogens is 431 g/mol. The van der Waals surface area contributed by atoms with Crippen LogP contribution >= 0.6 is 11.3 Å². The highest BCUT2D eigenvalue weighted by Crippen LogP contribution is 2.34. The largest absolute Gasteiger partial charge is 0.445 e. The predicted molar refractivity (Wildman–Crippen MR) is 111 cm³/mol. The first-order valence-corrected chi connectivity index (χ1v) is 10.5. The van der Waals surface area contributed by atoms with Gasteiger partial charge in [0.1, 0.15) is 0 Å². The summed E-state index contributed by atoms with van der Waals surface area (Å²) in [6, 6.07) is 9.06. The lowest BCUT2D eigenvalue weighted by Gasteiger charge is -2.28. The number of rotatable bonds is 8. The van der Waals surface area contributed by atoms with E-state index in [1.54, 1.807) is 6.08 Å². The van der Waals surface area contributed by atoms with E-state index in [1.165, 1.54) is 13.1 Å². The van der Waals surface area contributed by atoms with E-state index < -0.39 is 23.1 Å². The smallest absolute Gasteiger partial charge is 0.349 e. The second kappa shape index (κ2) is 10.0. The Hall–Kier alpha value is -2.79. The zero-order valence-electron chi connectivity index (χ0n) is 16.7. The Morgan fingerprint density at radius 1 is 1.32 bits per heavy atom. The Morgan fingerprint density at radius 2 is 2.03 bits per heavy atom. The van der Waals surface area contributed by atoms with Crippen LogP contribution in [0.5, 0.6) is 0 Å². The number of nitrogens with zero attached hydrogens (tertiary/aromatic N) is 3. The SMILES string of the molecule is CN(C(=O)C=CC(CCc1ccccc1)NC(=O)C1CCN1)c1nnc(C(F)(F)F)s1. The molecule has 2 aromatic rings. The maximum Gasteiger partial charge on any atom is 0.445 e. The molecule has 31 heavy (non-hydrogen) atoms. The monoisotopic (exact) mass is 453 g/mol. The lowest BCUT2D eigenvalue weighted by molar-refractivity contribution is -0.138. The highest BCUT2D eigenvalue weighted by Gasteiger charge is 2.36. The van der Waals surface area contributed by atoms with Crippen molar-refractivity contribution in [2.45, 2.75) is 37.5 Å². The van der Waals surface area contributed by atoms with Crippen molar-refractivity contribution in [3.63, 3.8) is 0 Å². The number of aryl methyl sites for hydroxylation is 1. The predicted octanol–water partition coefficient (Wildman–Crippen LogP) is 2.56. The van der Waals surface area contributed by atoms with E-state index in [9.17, 15) is 22.8 Å². The average molecular weight is 453 g/mol. The van der Waals surface area contributed by atoms with E-state index in [4.69, 9.17) is 0 Å². The number of benzene rings is 1. The van der Waals surface area contributed by atoms with Gasteiger partial charge in [0.15, 0.2) is 0 Å². The molecule has 1 saturated heterocycles. The van der Waals surface area contributed by atoms with Crippen LogP contribution < -0.4 is 15.5 Å². The summed E-state index contributed by atoms with van der Waals surface area (Å²) in [4.78, 5) is 25.8. The lowest BCUT2D eigenvalue weighted by atomic mass is 10.0. The van der Waals surface area contributed by atoms with E-state index in [-0.39, 0.29) is 28.4 Å². The molecule has 3 rings (SSSR count). The minimum absolute atomic E-state index is 0.145. The molecule has 166 valence electrons. The highest BCUT2D eigenvalue weighted by atomic mass is 32.1. The molecule has 0 radical (unpaired) electrons. The van der Waals surface area contributed by atoms with Gasteiger partial charge in [-0.3, -0.25) is 14.5 Å². The van der Waals surface area contributed by atoms with Crippen molar-refractivity contribution in [1.82, 2.24) is 20.8 Å². The molecule has 2 heterocycles. The summed E-state index contributed by atoms with van der Waals surface area (Å²) in [6.07, 6.45) is 0.179. The van der Waals surface area contributed by atoms with Gasteiger partial charge in [0.05, 0.1) is 6.04 Å². The molecule has 2 atom stereocenters. The van der Waals surface area contributed by atoms with Gasteiger partial charge >= 0.3 is 6.18 Å². The maximum atomic E-state index is 12.7. The lowest BCUT2D eigenvalue weighted by Crippen LogP contribution is -2.54. The van der Waals surface area contributed by atoms with Crippen LogP contribution in [0, 0.1) is 0 Å². The Balaban J connectivity index is 1.65. The average Bonchev–Trinajstić information content (AvgIpc) is 3.19. The van der Waals surface area contributed by atoms with Gasteiger partial charge in [-0.1, -0.05) is 47.7 Å². The fourth-order valence-corrected chi connectivity index (χ4v) is 3.53. The molecule has 1 aliphatic rings. The number of carbonyl (C=O) groups excluding carboxylic acids is 2. The minimum Gasteiger partial charge on any atom is -0.349 e.